The zero-order valence-electron chi connectivity index (χ0n) is 14.3. The Hall–Kier alpha value is -2.44. The standard InChI is InChI=1S/C19H22N2O4/c1-23-19(15-25-17-5-3-2-4-6-17)13-21(11-12-24-14-19)18(22)16-7-9-20-10-8-16/h2-10H,11-15H2,1H3/t19-/m1/s1. The maximum atomic E-state index is 12.8. The highest BCUT2D eigenvalue weighted by Gasteiger charge is 2.38. The molecule has 1 saturated heterocycles. The minimum atomic E-state index is -0.713. The summed E-state index contributed by atoms with van der Waals surface area (Å²) < 4.78 is 17.3. The van der Waals surface area contributed by atoms with Crippen molar-refractivity contribution in [1.82, 2.24) is 9.88 Å². The topological polar surface area (TPSA) is 60.9 Å². The van der Waals surface area contributed by atoms with Gasteiger partial charge in [0.2, 0.25) is 0 Å². The van der Waals surface area contributed by atoms with Crippen molar-refractivity contribution >= 4 is 5.91 Å². The van der Waals surface area contributed by atoms with Gasteiger partial charge in [-0.1, -0.05) is 18.2 Å². The zero-order valence-corrected chi connectivity index (χ0v) is 14.3. The van der Waals surface area contributed by atoms with Crippen LogP contribution in [0.2, 0.25) is 0 Å². The Labute approximate surface area is 147 Å². The molecule has 1 atom stereocenters. The number of amides is 1. The van der Waals surface area contributed by atoms with E-state index in [0.717, 1.165) is 5.75 Å². The van der Waals surface area contributed by atoms with Gasteiger partial charge >= 0.3 is 0 Å². The summed E-state index contributed by atoms with van der Waals surface area (Å²) in [5.74, 6) is 0.698. The van der Waals surface area contributed by atoms with Gasteiger partial charge in [-0.25, -0.2) is 0 Å². The number of carbonyl (C=O) groups excluding carboxylic acids is 1. The molecule has 0 aliphatic carbocycles. The van der Waals surface area contributed by atoms with E-state index in [1.165, 1.54) is 0 Å². The number of hydrogen-bond donors (Lipinski definition) is 0. The molecular formula is C19H22N2O4. The van der Waals surface area contributed by atoms with Gasteiger partial charge in [0.1, 0.15) is 18.0 Å². The summed E-state index contributed by atoms with van der Waals surface area (Å²) in [4.78, 5) is 18.5. The molecule has 1 fully saturated rings. The summed E-state index contributed by atoms with van der Waals surface area (Å²) in [6.07, 6.45) is 3.23. The lowest BCUT2D eigenvalue weighted by Crippen LogP contribution is -2.51. The van der Waals surface area contributed by atoms with Gasteiger partial charge in [-0.15, -0.1) is 0 Å². The van der Waals surface area contributed by atoms with Crippen molar-refractivity contribution in [3.63, 3.8) is 0 Å². The van der Waals surface area contributed by atoms with E-state index in [2.05, 4.69) is 4.98 Å². The number of para-hydroxylation sites is 1. The largest absolute Gasteiger partial charge is 0.490 e. The minimum absolute atomic E-state index is 0.0611. The molecule has 3 rings (SSSR count). The number of ether oxygens (including phenoxy) is 3. The third kappa shape index (κ3) is 4.35. The molecule has 1 aromatic heterocycles. The van der Waals surface area contributed by atoms with E-state index in [0.29, 0.717) is 38.5 Å². The Kier molecular flexibility index (Phi) is 5.63. The van der Waals surface area contributed by atoms with Crippen LogP contribution in [0.5, 0.6) is 5.75 Å². The summed E-state index contributed by atoms with van der Waals surface area (Å²) in [5.41, 5.74) is -0.111. The first-order valence-corrected chi connectivity index (χ1v) is 8.22. The summed E-state index contributed by atoms with van der Waals surface area (Å²) >= 11 is 0. The molecule has 0 N–H and O–H groups in total. The number of methoxy groups -OCH3 is 1. The monoisotopic (exact) mass is 342 g/mol. The zero-order chi connectivity index (χ0) is 17.5. The smallest absolute Gasteiger partial charge is 0.254 e. The molecule has 6 heteroatoms. The maximum Gasteiger partial charge on any atom is 0.254 e. The van der Waals surface area contributed by atoms with Gasteiger partial charge in [-0.05, 0) is 24.3 Å². The average Bonchev–Trinajstić information content (AvgIpc) is 2.91. The first-order valence-electron chi connectivity index (χ1n) is 8.22. The molecule has 6 nitrogen and oxygen atoms in total. The van der Waals surface area contributed by atoms with Crippen LogP contribution in [0.1, 0.15) is 10.4 Å². The number of rotatable bonds is 5. The normalized spacial score (nSPS) is 20.8. The minimum Gasteiger partial charge on any atom is -0.490 e. The Bertz CT molecular complexity index is 680. The molecule has 1 amide bonds. The van der Waals surface area contributed by atoms with Gasteiger partial charge in [0, 0.05) is 31.6 Å². The Balaban J connectivity index is 1.73. The molecule has 2 aromatic rings. The van der Waals surface area contributed by atoms with Crippen molar-refractivity contribution in [3.8, 4) is 5.75 Å². The van der Waals surface area contributed by atoms with E-state index in [9.17, 15) is 4.79 Å². The highest BCUT2D eigenvalue weighted by Crippen LogP contribution is 2.21. The summed E-state index contributed by atoms with van der Waals surface area (Å²) in [6, 6.07) is 13.0. The van der Waals surface area contributed by atoms with Crippen LogP contribution in [0.25, 0.3) is 0 Å². The lowest BCUT2D eigenvalue weighted by atomic mass is 10.1. The van der Waals surface area contributed by atoms with Crippen LogP contribution in [0.3, 0.4) is 0 Å². The van der Waals surface area contributed by atoms with Gasteiger partial charge in [0.05, 0.1) is 19.8 Å². The number of nitrogens with zero attached hydrogens (tertiary/aromatic N) is 2. The van der Waals surface area contributed by atoms with E-state index in [-0.39, 0.29) is 5.91 Å². The molecule has 0 spiro atoms. The van der Waals surface area contributed by atoms with E-state index in [4.69, 9.17) is 14.2 Å². The van der Waals surface area contributed by atoms with Crippen molar-refractivity contribution in [2.75, 3.05) is 40.0 Å². The molecule has 1 aliphatic heterocycles. The molecule has 0 unspecified atom stereocenters. The predicted molar refractivity (Wildman–Crippen MR) is 92.6 cm³/mol. The second-order valence-electron chi connectivity index (χ2n) is 6.00. The van der Waals surface area contributed by atoms with Crippen LogP contribution in [0.15, 0.2) is 54.9 Å². The van der Waals surface area contributed by atoms with Crippen molar-refractivity contribution in [2.45, 2.75) is 5.60 Å². The van der Waals surface area contributed by atoms with Crippen molar-refractivity contribution in [1.29, 1.82) is 0 Å². The second-order valence-corrected chi connectivity index (χ2v) is 6.00. The summed E-state index contributed by atoms with van der Waals surface area (Å²) in [7, 11) is 1.62. The Morgan fingerprint density at radius 1 is 1.24 bits per heavy atom. The van der Waals surface area contributed by atoms with Gasteiger partial charge in [-0.2, -0.15) is 0 Å². The van der Waals surface area contributed by atoms with Crippen LogP contribution in [0, 0.1) is 0 Å². The third-order valence-corrected chi connectivity index (χ3v) is 4.24. The molecule has 0 saturated carbocycles. The quantitative estimate of drug-likeness (QED) is 0.832. The first-order chi connectivity index (χ1) is 12.2. The van der Waals surface area contributed by atoms with Crippen molar-refractivity contribution < 1.29 is 19.0 Å². The first kappa shape index (κ1) is 17.4. The lowest BCUT2D eigenvalue weighted by molar-refractivity contribution is -0.0898. The highest BCUT2D eigenvalue weighted by atomic mass is 16.6. The van der Waals surface area contributed by atoms with E-state index in [1.807, 2.05) is 30.3 Å². The van der Waals surface area contributed by atoms with Crippen LogP contribution >= 0.6 is 0 Å². The molecule has 132 valence electrons. The third-order valence-electron chi connectivity index (χ3n) is 4.24. The molecule has 0 bridgehead atoms. The molecule has 1 aromatic carbocycles. The number of benzene rings is 1. The van der Waals surface area contributed by atoms with E-state index < -0.39 is 5.60 Å². The van der Waals surface area contributed by atoms with Crippen LogP contribution in [-0.4, -0.2) is 61.4 Å². The Morgan fingerprint density at radius 3 is 2.72 bits per heavy atom. The molecule has 1 aliphatic rings. The lowest BCUT2D eigenvalue weighted by Gasteiger charge is -2.34. The van der Waals surface area contributed by atoms with Crippen LogP contribution in [-0.2, 0) is 9.47 Å². The predicted octanol–water partition coefficient (Wildman–Crippen LogP) is 2.02. The number of carbonyl (C=O) groups is 1. The van der Waals surface area contributed by atoms with Gasteiger partial charge in [0.25, 0.3) is 5.91 Å². The average molecular weight is 342 g/mol. The molecule has 0 radical (unpaired) electrons. The number of aromatic nitrogens is 1. The maximum absolute atomic E-state index is 12.8. The van der Waals surface area contributed by atoms with Gasteiger partial charge < -0.3 is 19.1 Å². The summed E-state index contributed by atoms with van der Waals surface area (Å²) in [6.45, 7) is 2.05. The molecule has 2 heterocycles. The fourth-order valence-corrected chi connectivity index (χ4v) is 2.76. The van der Waals surface area contributed by atoms with Gasteiger partial charge in [0.15, 0.2) is 0 Å². The van der Waals surface area contributed by atoms with Crippen LogP contribution < -0.4 is 4.74 Å². The fourth-order valence-electron chi connectivity index (χ4n) is 2.76. The second kappa shape index (κ2) is 8.09. The molecular weight excluding hydrogens is 320 g/mol. The van der Waals surface area contributed by atoms with Crippen LogP contribution in [0.4, 0.5) is 0 Å². The number of hydrogen-bond acceptors (Lipinski definition) is 5. The van der Waals surface area contributed by atoms with E-state index >= 15 is 0 Å². The molecule has 25 heavy (non-hydrogen) atoms. The fraction of sp³-hybridized carbons (Fsp3) is 0.368. The van der Waals surface area contributed by atoms with E-state index in [1.54, 1.807) is 36.5 Å². The van der Waals surface area contributed by atoms with Crippen molar-refractivity contribution in [3.05, 3.63) is 60.4 Å². The Morgan fingerprint density at radius 2 is 2.00 bits per heavy atom. The van der Waals surface area contributed by atoms with Crippen molar-refractivity contribution in [2.24, 2.45) is 0 Å². The summed E-state index contributed by atoms with van der Waals surface area (Å²) in [5, 5.41) is 0. The van der Waals surface area contributed by atoms with Gasteiger partial charge in [-0.3, -0.25) is 9.78 Å². The highest BCUT2D eigenvalue weighted by molar-refractivity contribution is 5.94. The number of pyridine rings is 1. The SMILES string of the molecule is CO[C@@]1(COc2ccccc2)COCCN(C(=O)c2ccncc2)C1.